The van der Waals surface area contributed by atoms with Crippen LogP contribution in [0, 0.1) is 0 Å². The van der Waals surface area contributed by atoms with Gasteiger partial charge in [0.1, 0.15) is 10.6 Å². The quantitative estimate of drug-likeness (QED) is 0.387. The van der Waals surface area contributed by atoms with Crippen molar-refractivity contribution in [2.24, 2.45) is 0 Å². The van der Waals surface area contributed by atoms with E-state index in [1.807, 2.05) is 36.4 Å². The molecule has 4 nitrogen and oxygen atoms in total. The molecule has 0 aliphatic carbocycles. The van der Waals surface area contributed by atoms with Crippen LogP contribution in [0.5, 0.6) is 5.75 Å². The molecule has 144 valence electrons. The molecule has 0 unspecified atom stereocenters. The Morgan fingerprint density at radius 1 is 1.11 bits per heavy atom. The lowest BCUT2D eigenvalue weighted by Gasteiger charge is -2.07. The number of carbonyl (C=O) groups is 1. The highest BCUT2D eigenvalue weighted by molar-refractivity contribution is 7.90. The molecule has 0 radical (unpaired) electrons. The zero-order chi connectivity index (χ0) is 20.3. The summed E-state index contributed by atoms with van der Waals surface area (Å²) in [7, 11) is -2.06. The molecule has 0 N–H and O–H groups in total. The van der Waals surface area contributed by atoms with E-state index < -0.39 is 9.84 Å². The topological polar surface area (TPSA) is 60.4 Å². The first-order valence-electron chi connectivity index (χ1n) is 8.25. The predicted molar refractivity (Wildman–Crippen MR) is 114 cm³/mol. The lowest BCUT2D eigenvalue weighted by Crippen LogP contribution is -2.03. The Kier molecular flexibility index (Phi) is 6.03. The van der Waals surface area contributed by atoms with Crippen LogP contribution in [0.4, 0.5) is 0 Å². The summed E-state index contributed by atoms with van der Waals surface area (Å²) in [5.74, 6) is -0.0927. The first-order chi connectivity index (χ1) is 13.3. The molecular weight excluding hydrogens is 416 g/mol. The smallest absolute Gasteiger partial charge is 0.186 e. The first-order valence-corrected chi connectivity index (χ1v) is 11.3. The molecule has 1 aromatic heterocycles. The molecule has 28 heavy (non-hydrogen) atoms. The fraction of sp³-hybridized carbons (Fsp3) is 0.0952. The normalized spacial score (nSPS) is 11.7. The Hall–Kier alpha value is -2.41. The van der Waals surface area contributed by atoms with Crippen LogP contribution in [0.2, 0.25) is 5.02 Å². The number of benzene rings is 2. The van der Waals surface area contributed by atoms with Gasteiger partial charge in [-0.15, -0.1) is 11.3 Å². The Balaban J connectivity index is 1.82. The Bertz CT molecular complexity index is 1160. The number of allylic oxidation sites excluding steroid dienone is 1. The maximum Gasteiger partial charge on any atom is 0.186 e. The van der Waals surface area contributed by atoms with Gasteiger partial charge < -0.3 is 4.74 Å². The third-order valence-corrected chi connectivity index (χ3v) is 6.56. The van der Waals surface area contributed by atoms with Gasteiger partial charge in [-0.05, 0) is 48.6 Å². The highest BCUT2D eigenvalue weighted by Gasteiger charge is 2.16. The van der Waals surface area contributed by atoms with Crippen molar-refractivity contribution in [3.63, 3.8) is 0 Å². The van der Waals surface area contributed by atoms with Crippen molar-refractivity contribution < 1.29 is 17.9 Å². The summed E-state index contributed by atoms with van der Waals surface area (Å²) < 4.78 is 28.6. The van der Waals surface area contributed by atoms with Crippen LogP contribution >= 0.6 is 22.9 Å². The maximum atomic E-state index is 12.5. The van der Waals surface area contributed by atoms with Crippen molar-refractivity contribution in [2.75, 3.05) is 13.4 Å². The SMILES string of the molecule is COc1cc(C(=O)/C=C/c2ccc(-c3ccccc3Cl)s2)ccc1S(C)(=O)=O. The number of ketones is 1. The molecule has 1 heterocycles. The van der Waals surface area contributed by atoms with Gasteiger partial charge in [-0.3, -0.25) is 4.79 Å². The second-order valence-corrected chi connectivity index (χ2v) is 9.52. The number of carbonyl (C=O) groups excluding carboxylic acids is 1. The number of hydrogen-bond acceptors (Lipinski definition) is 5. The van der Waals surface area contributed by atoms with E-state index in [9.17, 15) is 13.2 Å². The summed E-state index contributed by atoms with van der Waals surface area (Å²) in [4.78, 5) is 14.4. The molecule has 0 aliphatic heterocycles. The van der Waals surface area contributed by atoms with Crippen molar-refractivity contribution in [3.8, 4) is 16.2 Å². The van der Waals surface area contributed by atoms with Gasteiger partial charge in [0.15, 0.2) is 15.6 Å². The monoisotopic (exact) mass is 432 g/mol. The fourth-order valence-electron chi connectivity index (χ4n) is 2.63. The predicted octanol–water partition coefficient (Wildman–Crippen LogP) is 5.38. The molecule has 2 aromatic carbocycles. The molecule has 0 fully saturated rings. The van der Waals surface area contributed by atoms with E-state index in [-0.39, 0.29) is 16.4 Å². The summed E-state index contributed by atoms with van der Waals surface area (Å²) in [6, 6.07) is 15.8. The minimum atomic E-state index is -3.43. The van der Waals surface area contributed by atoms with E-state index in [4.69, 9.17) is 16.3 Å². The van der Waals surface area contributed by atoms with Crippen molar-refractivity contribution in [3.05, 3.63) is 76.1 Å². The average Bonchev–Trinajstić information content (AvgIpc) is 3.14. The van der Waals surface area contributed by atoms with Crippen molar-refractivity contribution in [2.45, 2.75) is 4.90 Å². The lowest BCUT2D eigenvalue weighted by atomic mass is 10.1. The number of rotatable bonds is 6. The molecule has 0 saturated heterocycles. The Morgan fingerprint density at radius 2 is 1.86 bits per heavy atom. The van der Waals surface area contributed by atoms with Crippen LogP contribution < -0.4 is 4.74 Å². The molecule has 0 spiro atoms. The molecule has 0 amide bonds. The van der Waals surface area contributed by atoms with Gasteiger partial charge in [-0.1, -0.05) is 29.8 Å². The summed E-state index contributed by atoms with van der Waals surface area (Å²) in [5, 5.41) is 0.675. The number of halogens is 1. The number of thiophene rings is 1. The average molecular weight is 433 g/mol. The maximum absolute atomic E-state index is 12.5. The van der Waals surface area contributed by atoms with Gasteiger partial charge >= 0.3 is 0 Å². The Morgan fingerprint density at radius 3 is 2.54 bits per heavy atom. The van der Waals surface area contributed by atoms with Gasteiger partial charge in [0.05, 0.1) is 7.11 Å². The fourth-order valence-corrected chi connectivity index (χ4v) is 4.70. The first kappa shape index (κ1) is 20.3. The van der Waals surface area contributed by atoms with E-state index in [1.165, 1.54) is 42.7 Å². The molecule has 3 rings (SSSR count). The van der Waals surface area contributed by atoms with E-state index in [0.29, 0.717) is 10.6 Å². The molecule has 3 aromatic rings. The largest absolute Gasteiger partial charge is 0.495 e. The van der Waals surface area contributed by atoms with Crippen LogP contribution in [0.25, 0.3) is 16.5 Å². The number of ether oxygens (including phenoxy) is 1. The van der Waals surface area contributed by atoms with Gasteiger partial charge in [-0.25, -0.2) is 8.42 Å². The van der Waals surface area contributed by atoms with Crippen LogP contribution in [0.3, 0.4) is 0 Å². The van der Waals surface area contributed by atoms with E-state index >= 15 is 0 Å². The summed E-state index contributed by atoms with van der Waals surface area (Å²) >= 11 is 7.75. The summed E-state index contributed by atoms with van der Waals surface area (Å²) in [6.07, 6.45) is 4.28. The van der Waals surface area contributed by atoms with Crippen molar-refractivity contribution >= 4 is 44.6 Å². The van der Waals surface area contributed by atoms with Crippen LogP contribution in [-0.2, 0) is 9.84 Å². The van der Waals surface area contributed by atoms with Crippen molar-refractivity contribution in [1.29, 1.82) is 0 Å². The highest BCUT2D eigenvalue weighted by Crippen LogP contribution is 2.33. The van der Waals surface area contributed by atoms with Gasteiger partial charge in [0.25, 0.3) is 0 Å². The molecule has 0 aliphatic rings. The summed E-state index contributed by atoms with van der Waals surface area (Å²) in [5.41, 5.74) is 1.30. The lowest BCUT2D eigenvalue weighted by molar-refractivity contribution is 0.104. The van der Waals surface area contributed by atoms with Gasteiger partial charge in [-0.2, -0.15) is 0 Å². The third kappa shape index (κ3) is 4.52. The Labute approximate surface area is 173 Å². The zero-order valence-electron chi connectivity index (χ0n) is 15.2. The van der Waals surface area contributed by atoms with Gasteiger partial charge in [0.2, 0.25) is 0 Å². The molecule has 0 atom stereocenters. The van der Waals surface area contributed by atoms with E-state index in [1.54, 1.807) is 6.08 Å². The van der Waals surface area contributed by atoms with Crippen LogP contribution in [0.15, 0.2) is 65.6 Å². The van der Waals surface area contributed by atoms with E-state index in [2.05, 4.69) is 0 Å². The highest BCUT2D eigenvalue weighted by atomic mass is 35.5. The number of methoxy groups -OCH3 is 1. The van der Waals surface area contributed by atoms with E-state index in [0.717, 1.165) is 21.6 Å². The molecule has 0 saturated carbocycles. The zero-order valence-corrected chi connectivity index (χ0v) is 17.6. The minimum absolute atomic E-state index is 0.0539. The molecule has 0 bridgehead atoms. The standard InChI is InChI=1S/C21H17ClO4S2/c1-26-19-13-14(7-12-21(19)28(2,24)25)18(23)10-8-15-9-11-20(27-15)16-5-3-4-6-17(16)22/h3-13H,1-2H3/b10-8+. The van der Waals surface area contributed by atoms with Gasteiger partial charge in [0, 0.05) is 32.2 Å². The van der Waals surface area contributed by atoms with Crippen LogP contribution in [-0.4, -0.2) is 27.6 Å². The third-order valence-electron chi connectivity index (χ3n) is 4.01. The molecular formula is C21H17ClO4S2. The molecule has 7 heteroatoms. The minimum Gasteiger partial charge on any atom is -0.495 e. The summed E-state index contributed by atoms with van der Waals surface area (Å²) in [6.45, 7) is 0. The van der Waals surface area contributed by atoms with Crippen molar-refractivity contribution in [1.82, 2.24) is 0 Å². The second-order valence-electron chi connectivity index (χ2n) is 6.02. The number of hydrogen-bond donors (Lipinski definition) is 0. The van der Waals surface area contributed by atoms with Crippen LogP contribution in [0.1, 0.15) is 15.2 Å². The second kappa shape index (κ2) is 8.31. The number of sulfone groups is 1.